The first-order chi connectivity index (χ1) is 5.93. The zero-order valence-corrected chi connectivity index (χ0v) is 7.19. The Labute approximate surface area is 72.3 Å². The van der Waals surface area contributed by atoms with Crippen LogP contribution in [0.3, 0.4) is 0 Å². The first kappa shape index (κ1) is 9.00. The molecule has 0 unspecified atom stereocenters. The van der Waals surface area contributed by atoms with Gasteiger partial charge in [-0.05, 0) is 18.6 Å². The lowest BCUT2D eigenvalue weighted by atomic mass is 10.5. The van der Waals surface area contributed by atoms with Crippen molar-refractivity contribution in [2.45, 2.75) is 13.3 Å². The molecule has 0 aliphatic rings. The number of nitrogens with zero attached hydrogens (tertiary/aromatic N) is 1. The fourth-order valence-corrected chi connectivity index (χ4v) is 0.745. The van der Waals surface area contributed by atoms with Gasteiger partial charge in [-0.25, -0.2) is 0 Å². The predicted octanol–water partition coefficient (Wildman–Crippen LogP) is 1.84. The second-order valence-corrected chi connectivity index (χ2v) is 2.36. The monoisotopic (exact) mass is 167 g/mol. The summed E-state index contributed by atoms with van der Waals surface area (Å²) in [7, 11) is 0. The number of rotatable bonds is 5. The van der Waals surface area contributed by atoms with Crippen molar-refractivity contribution in [3.63, 3.8) is 0 Å². The first-order valence-electron chi connectivity index (χ1n) is 4.04. The van der Waals surface area contributed by atoms with Gasteiger partial charge in [0.25, 0.3) is 0 Å². The molecule has 0 atom stereocenters. The molecule has 0 aliphatic carbocycles. The van der Waals surface area contributed by atoms with E-state index in [4.69, 9.17) is 9.47 Å². The summed E-state index contributed by atoms with van der Waals surface area (Å²) in [5.41, 5.74) is 0. The van der Waals surface area contributed by atoms with Gasteiger partial charge in [0.1, 0.15) is 5.75 Å². The Balaban J connectivity index is 2.16. The van der Waals surface area contributed by atoms with Crippen LogP contribution >= 0.6 is 0 Å². The molecule has 3 heteroatoms. The van der Waals surface area contributed by atoms with Gasteiger partial charge in [-0.2, -0.15) is 0 Å². The fraction of sp³-hybridized carbons (Fsp3) is 0.444. The molecule has 0 bridgehead atoms. The Bertz CT molecular complexity index is 201. The fourth-order valence-electron chi connectivity index (χ4n) is 0.745. The molecule has 0 saturated carbocycles. The van der Waals surface area contributed by atoms with Crippen LogP contribution < -0.4 is 4.74 Å². The lowest BCUT2D eigenvalue weighted by Crippen LogP contribution is -2.03. The largest absolute Gasteiger partial charge is 0.466 e. The molecule has 0 amide bonds. The Morgan fingerprint density at radius 2 is 2.42 bits per heavy atom. The summed E-state index contributed by atoms with van der Waals surface area (Å²) in [4.78, 5) is 3.90. The molecular formula is C9H13NO2. The summed E-state index contributed by atoms with van der Waals surface area (Å²) in [6.45, 7) is 3.10. The average molecular weight is 167 g/mol. The average Bonchev–Trinajstić information content (AvgIpc) is 2.14. The van der Waals surface area contributed by atoms with Crippen molar-refractivity contribution >= 4 is 0 Å². The molecule has 1 aromatic rings. The molecule has 12 heavy (non-hydrogen) atoms. The maximum Gasteiger partial charge on any atom is 0.189 e. The van der Waals surface area contributed by atoms with E-state index >= 15 is 0 Å². The summed E-state index contributed by atoms with van der Waals surface area (Å²) < 4.78 is 10.4. The third-order valence-corrected chi connectivity index (χ3v) is 1.29. The minimum Gasteiger partial charge on any atom is -0.466 e. The Morgan fingerprint density at radius 3 is 3.08 bits per heavy atom. The molecule has 1 rings (SSSR count). The molecule has 0 saturated heterocycles. The van der Waals surface area contributed by atoms with Gasteiger partial charge in [0, 0.05) is 6.20 Å². The van der Waals surface area contributed by atoms with Crippen LogP contribution in [0, 0.1) is 0 Å². The van der Waals surface area contributed by atoms with E-state index in [1.807, 2.05) is 12.1 Å². The highest BCUT2D eigenvalue weighted by molar-refractivity contribution is 5.14. The topological polar surface area (TPSA) is 31.4 Å². The van der Waals surface area contributed by atoms with Crippen molar-refractivity contribution in [2.75, 3.05) is 13.4 Å². The van der Waals surface area contributed by atoms with E-state index < -0.39 is 0 Å². The smallest absolute Gasteiger partial charge is 0.189 e. The molecule has 0 aliphatic heterocycles. The molecule has 0 radical (unpaired) electrons. The van der Waals surface area contributed by atoms with Gasteiger partial charge in [-0.3, -0.25) is 4.98 Å². The molecule has 1 aromatic heterocycles. The van der Waals surface area contributed by atoms with Gasteiger partial charge >= 0.3 is 0 Å². The standard InChI is InChI=1S/C9H13NO2/c1-2-6-11-8-12-9-4-3-5-10-7-9/h3-5,7H,2,6,8H2,1H3. The minimum atomic E-state index is 0.305. The number of aromatic nitrogens is 1. The summed E-state index contributed by atoms with van der Waals surface area (Å²) in [6.07, 6.45) is 4.38. The number of pyridine rings is 1. The Morgan fingerprint density at radius 1 is 1.50 bits per heavy atom. The second-order valence-electron chi connectivity index (χ2n) is 2.36. The molecular weight excluding hydrogens is 154 g/mol. The van der Waals surface area contributed by atoms with Crippen LogP contribution in [0.15, 0.2) is 24.5 Å². The number of hydrogen-bond acceptors (Lipinski definition) is 3. The van der Waals surface area contributed by atoms with E-state index in [1.165, 1.54) is 0 Å². The van der Waals surface area contributed by atoms with Gasteiger partial charge in [-0.15, -0.1) is 0 Å². The van der Waals surface area contributed by atoms with Crippen molar-refractivity contribution in [1.29, 1.82) is 0 Å². The van der Waals surface area contributed by atoms with Gasteiger partial charge in [0.15, 0.2) is 6.79 Å². The van der Waals surface area contributed by atoms with Crippen LogP contribution in [0.2, 0.25) is 0 Å². The van der Waals surface area contributed by atoms with Crippen LogP contribution in [0.1, 0.15) is 13.3 Å². The quantitative estimate of drug-likeness (QED) is 0.495. The highest BCUT2D eigenvalue weighted by atomic mass is 16.7. The molecule has 0 aromatic carbocycles. The van der Waals surface area contributed by atoms with Crippen molar-refractivity contribution in [1.82, 2.24) is 4.98 Å². The Kier molecular flexibility index (Phi) is 4.16. The van der Waals surface area contributed by atoms with E-state index in [1.54, 1.807) is 12.4 Å². The highest BCUT2D eigenvalue weighted by Crippen LogP contribution is 2.05. The third-order valence-electron chi connectivity index (χ3n) is 1.29. The molecule has 0 spiro atoms. The summed E-state index contributed by atoms with van der Waals surface area (Å²) in [5, 5.41) is 0. The molecule has 0 fully saturated rings. The summed E-state index contributed by atoms with van der Waals surface area (Å²) in [5.74, 6) is 0.744. The zero-order valence-electron chi connectivity index (χ0n) is 7.19. The van der Waals surface area contributed by atoms with Crippen molar-refractivity contribution in [3.8, 4) is 5.75 Å². The van der Waals surface area contributed by atoms with Gasteiger partial charge < -0.3 is 9.47 Å². The van der Waals surface area contributed by atoms with Gasteiger partial charge in [-0.1, -0.05) is 6.92 Å². The third kappa shape index (κ3) is 3.34. The maximum absolute atomic E-state index is 5.22. The number of ether oxygens (including phenoxy) is 2. The van der Waals surface area contributed by atoms with E-state index in [-0.39, 0.29) is 0 Å². The number of hydrogen-bond donors (Lipinski definition) is 0. The van der Waals surface area contributed by atoms with Crippen LogP contribution in [0.4, 0.5) is 0 Å². The van der Waals surface area contributed by atoms with E-state index in [0.717, 1.165) is 18.8 Å². The van der Waals surface area contributed by atoms with Gasteiger partial charge in [0.2, 0.25) is 0 Å². The minimum absolute atomic E-state index is 0.305. The van der Waals surface area contributed by atoms with Crippen LogP contribution in [-0.4, -0.2) is 18.4 Å². The maximum atomic E-state index is 5.22. The lowest BCUT2D eigenvalue weighted by molar-refractivity contribution is 0.0155. The normalized spacial score (nSPS) is 9.75. The SMILES string of the molecule is CCCOCOc1cccnc1. The van der Waals surface area contributed by atoms with Crippen molar-refractivity contribution < 1.29 is 9.47 Å². The van der Waals surface area contributed by atoms with Crippen LogP contribution in [-0.2, 0) is 4.74 Å². The molecule has 3 nitrogen and oxygen atoms in total. The van der Waals surface area contributed by atoms with E-state index in [9.17, 15) is 0 Å². The highest BCUT2D eigenvalue weighted by Gasteiger charge is 1.90. The first-order valence-corrected chi connectivity index (χ1v) is 4.04. The molecule has 66 valence electrons. The zero-order chi connectivity index (χ0) is 8.65. The van der Waals surface area contributed by atoms with Gasteiger partial charge in [0.05, 0.1) is 12.8 Å². The lowest BCUT2D eigenvalue weighted by Gasteiger charge is -2.04. The second kappa shape index (κ2) is 5.55. The summed E-state index contributed by atoms with van der Waals surface area (Å²) >= 11 is 0. The summed E-state index contributed by atoms with van der Waals surface area (Å²) in [6, 6.07) is 3.68. The molecule has 1 heterocycles. The predicted molar refractivity (Wildman–Crippen MR) is 46.0 cm³/mol. The van der Waals surface area contributed by atoms with E-state index in [0.29, 0.717) is 6.79 Å². The van der Waals surface area contributed by atoms with Crippen molar-refractivity contribution in [3.05, 3.63) is 24.5 Å². The van der Waals surface area contributed by atoms with Crippen molar-refractivity contribution in [2.24, 2.45) is 0 Å². The Hall–Kier alpha value is -1.09. The molecule has 0 N–H and O–H groups in total. The van der Waals surface area contributed by atoms with E-state index in [2.05, 4.69) is 11.9 Å². The van der Waals surface area contributed by atoms with Crippen LogP contribution in [0.5, 0.6) is 5.75 Å². The van der Waals surface area contributed by atoms with Crippen LogP contribution in [0.25, 0.3) is 0 Å².